The van der Waals surface area contributed by atoms with Gasteiger partial charge in [0, 0.05) is 13.1 Å². The summed E-state index contributed by atoms with van der Waals surface area (Å²) in [7, 11) is 1.36. The number of carbonyl (C=O) groups excluding carboxylic acids is 2. The Labute approximate surface area is 161 Å². The van der Waals surface area contributed by atoms with Gasteiger partial charge in [-0.15, -0.1) is 0 Å². The summed E-state index contributed by atoms with van der Waals surface area (Å²) in [6.45, 7) is 2.97. The van der Waals surface area contributed by atoms with E-state index in [2.05, 4.69) is 12.2 Å². The van der Waals surface area contributed by atoms with Gasteiger partial charge in [0.1, 0.15) is 0 Å². The van der Waals surface area contributed by atoms with Crippen LogP contribution in [0.5, 0.6) is 0 Å². The van der Waals surface area contributed by atoms with Gasteiger partial charge in [0.05, 0.1) is 19.6 Å². The van der Waals surface area contributed by atoms with E-state index in [9.17, 15) is 9.59 Å². The maximum Gasteiger partial charge on any atom is 0.318 e. The summed E-state index contributed by atoms with van der Waals surface area (Å²) in [5, 5.41) is 2.98. The van der Waals surface area contributed by atoms with Crippen molar-refractivity contribution >= 4 is 12.0 Å². The Balaban J connectivity index is 2.35. The number of hydrogen-bond acceptors (Lipinski definition) is 3. The van der Waals surface area contributed by atoms with E-state index in [1.807, 2.05) is 60.7 Å². The second-order valence-corrected chi connectivity index (χ2v) is 6.33. The summed E-state index contributed by atoms with van der Waals surface area (Å²) in [6.07, 6.45) is 2.06. The highest BCUT2D eigenvalue weighted by atomic mass is 16.5. The summed E-state index contributed by atoms with van der Waals surface area (Å²) in [6, 6.07) is 19.3. The lowest BCUT2D eigenvalue weighted by Crippen LogP contribution is -2.44. The number of carbonyl (C=O) groups is 2. The van der Waals surface area contributed by atoms with Crippen LogP contribution in [0.1, 0.15) is 43.4 Å². The minimum absolute atomic E-state index is 0.147. The molecule has 0 atom stereocenters. The molecule has 2 aromatic carbocycles. The zero-order valence-electron chi connectivity index (χ0n) is 16.1. The molecule has 0 aliphatic carbocycles. The first-order valence-corrected chi connectivity index (χ1v) is 9.38. The molecule has 0 spiro atoms. The molecule has 144 valence electrons. The van der Waals surface area contributed by atoms with Crippen LogP contribution in [0.2, 0.25) is 0 Å². The van der Waals surface area contributed by atoms with Gasteiger partial charge in [-0.3, -0.25) is 4.79 Å². The van der Waals surface area contributed by atoms with E-state index in [0.717, 1.165) is 24.0 Å². The lowest BCUT2D eigenvalue weighted by Gasteiger charge is -2.32. The van der Waals surface area contributed by atoms with Crippen LogP contribution in [0.4, 0.5) is 4.79 Å². The van der Waals surface area contributed by atoms with Crippen molar-refractivity contribution in [3.8, 4) is 0 Å². The Kier molecular flexibility index (Phi) is 8.36. The van der Waals surface area contributed by atoms with Gasteiger partial charge >= 0.3 is 12.0 Å². The molecule has 0 aromatic heterocycles. The highest BCUT2D eigenvalue weighted by Gasteiger charge is 2.27. The van der Waals surface area contributed by atoms with E-state index in [1.54, 1.807) is 4.90 Å². The zero-order valence-corrected chi connectivity index (χ0v) is 16.1. The van der Waals surface area contributed by atoms with Crippen molar-refractivity contribution in [2.45, 2.75) is 32.2 Å². The number of amides is 2. The molecule has 0 fully saturated rings. The van der Waals surface area contributed by atoms with Crippen molar-refractivity contribution in [2.24, 2.45) is 0 Å². The van der Waals surface area contributed by atoms with Crippen molar-refractivity contribution in [1.82, 2.24) is 10.2 Å². The van der Waals surface area contributed by atoms with Crippen LogP contribution >= 0.6 is 0 Å². The molecule has 0 radical (unpaired) electrons. The first-order valence-electron chi connectivity index (χ1n) is 9.38. The van der Waals surface area contributed by atoms with Crippen molar-refractivity contribution in [1.29, 1.82) is 0 Å². The molecule has 0 saturated heterocycles. The van der Waals surface area contributed by atoms with E-state index in [0.29, 0.717) is 6.54 Å². The fourth-order valence-electron chi connectivity index (χ4n) is 2.96. The maximum absolute atomic E-state index is 13.0. The van der Waals surface area contributed by atoms with Crippen molar-refractivity contribution < 1.29 is 14.3 Å². The predicted octanol–water partition coefficient (Wildman–Crippen LogP) is 4.15. The van der Waals surface area contributed by atoms with Crippen LogP contribution in [0.3, 0.4) is 0 Å². The van der Waals surface area contributed by atoms with E-state index < -0.39 is 0 Å². The second kappa shape index (κ2) is 11.0. The molecular weight excluding hydrogens is 340 g/mol. The molecule has 2 rings (SSSR count). The van der Waals surface area contributed by atoms with Gasteiger partial charge in [-0.1, -0.05) is 74.0 Å². The van der Waals surface area contributed by atoms with E-state index in [4.69, 9.17) is 4.74 Å². The molecule has 0 saturated carbocycles. The number of esters is 1. The van der Waals surface area contributed by atoms with Crippen molar-refractivity contribution in [3.05, 3.63) is 71.8 Å². The highest BCUT2D eigenvalue weighted by molar-refractivity contribution is 5.76. The fraction of sp³-hybridized carbons (Fsp3) is 0.364. The van der Waals surface area contributed by atoms with Gasteiger partial charge in [-0.25, -0.2) is 4.79 Å². The van der Waals surface area contributed by atoms with Gasteiger partial charge in [-0.2, -0.15) is 0 Å². The minimum Gasteiger partial charge on any atom is -0.469 e. The number of urea groups is 1. The summed E-state index contributed by atoms with van der Waals surface area (Å²) in [4.78, 5) is 26.4. The smallest absolute Gasteiger partial charge is 0.318 e. The summed E-state index contributed by atoms with van der Waals surface area (Å²) >= 11 is 0. The Morgan fingerprint density at radius 1 is 1.00 bits per heavy atom. The third kappa shape index (κ3) is 6.13. The van der Waals surface area contributed by atoms with Gasteiger partial charge in [0.15, 0.2) is 0 Å². The molecule has 5 nitrogen and oxygen atoms in total. The van der Waals surface area contributed by atoms with Crippen LogP contribution < -0.4 is 5.32 Å². The monoisotopic (exact) mass is 368 g/mol. The minimum atomic E-state index is -0.332. The second-order valence-electron chi connectivity index (χ2n) is 6.33. The van der Waals surface area contributed by atoms with Gasteiger partial charge in [0.2, 0.25) is 0 Å². The number of benzene rings is 2. The zero-order chi connectivity index (χ0) is 19.5. The molecule has 27 heavy (non-hydrogen) atoms. The van der Waals surface area contributed by atoms with E-state index in [-0.39, 0.29) is 31.0 Å². The first kappa shape index (κ1) is 20.5. The average Bonchev–Trinajstić information content (AvgIpc) is 2.72. The van der Waals surface area contributed by atoms with Crippen LogP contribution in [-0.4, -0.2) is 37.1 Å². The quantitative estimate of drug-likeness (QED) is 0.534. The van der Waals surface area contributed by atoms with Crippen LogP contribution in [0, 0.1) is 0 Å². The van der Waals surface area contributed by atoms with Gasteiger partial charge in [-0.05, 0) is 17.5 Å². The number of nitrogens with one attached hydrogen (secondary N) is 1. The van der Waals surface area contributed by atoms with Crippen molar-refractivity contribution in [3.63, 3.8) is 0 Å². The molecule has 0 bridgehead atoms. The fourth-order valence-corrected chi connectivity index (χ4v) is 2.96. The molecule has 0 aliphatic heterocycles. The molecule has 1 N–H and O–H groups in total. The summed E-state index contributed by atoms with van der Waals surface area (Å²) < 4.78 is 4.77. The largest absolute Gasteiger partial charge is 0.469 e. The summed E-state index contributed by atoms with van der Waals surface area (Å²) in [5.41, 5.74) is 2.00. The Bertz CT molecular complexity index is 665. The third-order valence-corrected chi connectivity index (χ3v) is 4.39. The molecule has 0 aliphatic rings. The predicted molar refractivity (Wildman–Crippen MR) is 106 cm³/mol. The average molecular weight is 368 g/mol. The number of rotatable bonds is 9. The molecule has 2 aromatic rings. The number of unbranched alkanes of at least 4 members (excludes halogenated alkanes) is 1. The van der Waals surface area contributed by atoms with Crippen LogP contribution in [0.15, 0.2) is 60.7 Å². The third-order valence-electron chi connectivity index (χ3n) is 4.39. The van der Waals surface area contributed by atoms with Gasteiger partial charge in [0.25, 0.3) is 0 Å². The summed E-state index contributed by atoms with van der Waals surface area (Å²) in [5.74, 6) is -0.332. The molecule has 5 heteroatoms. The normalized spacial score (nSPS) is 10.5. The SMILES string of the molecule is CCCCNC(=O)N(CCC(=O)OC)C(c1ccccc1)c1ccccc1. The van der Waals surface area contributed by atoms with Crippen LogP contribution in [0.25, 0.3) is 0 Å². The number of nitrogens with zero attached hydrogens (tertiary/aromatic N) is 1. The highest BCUT2D eigenvalue weighted by Crippen LogP contribution is 2.29. The lowest BCUT2D eigenvalue weighted by atomic mass is 9.97. The van der Waals surface area contributed by atoms with Gasteiger partial charge < -0.3 is 15.0 Å². The Morgan fingerprint density at radius 2 is 1.56 bits per heavy atom. The molecular formula is C22H28N2O3. The maximum atomic E-state index is 13.0. The first-order chi connectivity index (χ1) is 13.2. The standard InChI is InChI=1S/C22H28N2O3/c1-3-4-16-23-22(26)24(17-15-20(25)27-2)21(18-11-7-5-8-12-18)19-13-9-6-10-14-19/h5-14,21H,3-4,15-17H2,1-2H3,(H,23,26). The Morgan fingerprint density at radius 3 is 2.04 bits per heavy atom. The van der Waals surface area contributed by atoms with Crippen LogP contribution in [-0.2, 0) is 9.53 Å². The molecule has 0 unspecified atom stereocenters. The molecule has 0 heterocycles. The number of hydrogen-bond donors (Lipinski definition) is 1. The number of methoxy groups -OCH3 is 1. The van der Waals surface area contributed by atoms with E-state index in [1.165, 1.54) is 7.11 Å². The van der Waals surface area contributed by atoms with E-state index >= 15 is 0 Å². The number of ether oxygens (including phenoxy) is 1. The molecule has 2 amide bonds. The van der Waals surface area contributed by atoms with Crippen molar-refractivity contribution in [2.75, 3.05) is 20.2 Å². The topological polar surface area (TPSA) is 58.6 Å². The Hall–Kier alpha value is -2.82. The lowest BCUT2D eigenvalue weighted by molar-refractivity contribution is -0.140.